The molecule has 6 heterocycles. The van der Waals surface area contributed by atoms with Crippen LogP contribution in [0.3, 0.4) is 0 Å². The molecule has 0 aliphatic rings. The number of halogens is 8. The van der Waals surface area contributed by atoms with Crippen molar-refractivity contribution in [1.82, 2.24) is 29.9 Å². The van der Waals surface area contributed by atoms with Crippen molar-refractivity contribution in [2.75, 3.05) is 0 Å². The number of fused-ring (bicyclic) bond motifs is 9. The van der Waals surface area contributed by atoms with Crippen molar-refractivity contribution in [3.05, 3.63) is 146 Å². The van der Waals surface area contributed by atoms with Crippen LogP contribution in [0.15, 0.2) is 146 Å². The van der Waals surface area contributed by atoms with Crippen molar-refractivity contribution in [2.45, 2.75) is 6.92 Å². The summed E-state index contributed by atoms with van der Waals surface area (Å²) in [4.78, 5) is 26.1. The molecule has 56 heavy (non-hydrogen) atoms. The number of nitrogens with zero attached hydrogens (tertiary/aromatic N) is 7. The standard InChI is InChI=1S/3C12H8N2.C2H3N.2BF4.Co/c3*1-3-9-5-6-10-4-2-8-14-12(10)11(9)13-7-1;1-2-3;2*2-1(3,4)5;/h3*1-8H;1H3;;;/q;;;;2*-1;+2. The Morgan fingerprint density at radius 3 is 0.607 bits per heavy atom. The molecule has 0 unspecified atom stereocenters. The van der Waals surface area contributed by atoms with Crippen LogP contribution in [-0.2, 0) is 16.8 Å². The van der Waals surface area contributed by atoms with Gasteiger partial charge in [-0.15, -0.1) is 0 Å². The predicted molar refractivity (Wildman–Crippen MR) is 203 cm³/mol. The van der Waals surface area contributed by atoms with E-state index in [1.165, 1.54) is 6.92 Å². The van der Waals surface area contributed by atoms with Gasteiger partial charge in [-0.2, -0.15) is 5.26 Å². The summed E-state index contributed by atoms with van der Waals surface area (Å²) in [6.07, 6.45) is 10.8. The first-order chi connectivity index (χ1) is 26.3. The Labute approximate surface area is 324 Å². The summed E-state index contributed by atoms with van der Waals surface area (Å²) in [5.41, 5.74) is 5.86. The summed E-state index contributed by atoms with van der Waals surface area (Å²) in [6.45, 7) is 1.43. The number of nitriles is 1. The molecule has 0 bridgehead atoms. The minimum absolute atomic E-state index is 0. The normalized spacial score (nSPS) is 10.4. The average Bonchev–Trinajstić information content (AvgIpc) is 3.17. The van der Waals surface area contributed by atoms with Gasteiger partial charge in [0.25, 0.3) is 0 Å². The predicted octanol–water partition coefficient (Wildman–Crippen LogP) is 11.5. The Kier molecular flexibility index (Phi) is 16.5. The van der Waals surface area contributed by atoms with Crippen LogP contribution in [0.25, 0.3) is 65.4 Å². The van der Waals surface area contributed by atoms with Gasteiger partial charge in [0.15, 0.2) is 0 Å². The molecule has 0 N–H and O–H groups in total. The molecule has 7 nitrogen and oxygen atoms in total. The summed E-state index contributed by atoms with van der Waals surface area (Å²) in [7, 11) is -12.0. The Balaban J connectivity index is 0.000000194. The Hall–Kier alpha value is -6.31. The van der Waals surface area contributed by atoms with E-state index in [0.717, 1.165) is 65.4 Å². The molecule has 9 rings (SSSR count). The molecular formula is C38H27B2CoF8N7. The fourth-order valence-electron chi connectivity index (χ4n) is 5.04. The van der Waals surface area contributed by atoms with Crippen molar-refractivity contribution in [3.63, 3.8) is 0 Å². The zero-order chi connectivity index (χ0) is 39.8. The van der Waals surface area contributed by atoms with Crippen molar-refractivity contribution in [1.29, 1.82) is 5.26 Å². The van der Waals surface area contributed by atoms with Crippen molar-refractivity contribution < 1.29 is 51.3 Å². The van der Waals surface area contributed by atoms with E-state index in [1.807, 2.05) is 36.4 Å². The fraction of sp³-hybridized carbons (Fsp3) is 0.0263. The maximum Gasteiger partial charge on any atom is 2.00 e. The largest absolute Gasteiger partial charge is 2.00 e. The maximum atomic E-state index is 9.75. The third kappa shape index (κ3) is 13.8. The molecule has 0 saturated heterocycles. The zero-order valence-corrected chi connectivity index (χ0v) is 30.0. The number of rotatable bonds is 0. The van der Waals surface area contributed by atoms with Gasteiger partial charge >= 0.3 is 31.3 Å². The summed E-state index contributed by atoms with van der Waals surface area (Å²) >= 11 is 0. The molecule has 18 heteroatoms. The maximum absolute atomic E-state index is 9.75. The number of hydrogen-bond donors (Lipinski definition) is 0. The van der Waals surface area contributed by atoms with Crippen LogP contribution >= 0.6 is 0 Å². The molecule has 0 atom stereocenters. The van der Waals surface area contributed by atoms with Gasteiger partial charge in [0.1, 0.15) is 0 Å². The van der Waals surface area contributed by atoms with Crippen LogP contribution in [0.5, 0.6) is 0 Å². The minimum atomic E-state index is -6.00. The molecule has 0 aliphatic carbocycles. The quantitative estimate of drug-likeness (QED) is 0.0853. The molecule has 0 amide bonds. The van der Waals surface area contributed by atoms with Crippen LogP contribution < -0.4 is 0 Å². The van der Waals surface area contributed by atoms with Gasteiger partial charge < -0.3 is 34.5 Å². The van der Waals surface area contributed by atoms with Crippen molar-refractivity contribution in [3.8, 4) is 6.07 Å². The summed E-state index contributed by atoms with van der Waals surface area (Å²) in [5.74, 6) is 0. The van der Waals surface area contributed by atoms with Crippen molar-refractivity contribution in [2.24, 2.45) is 0 Å². The van der Waals surface area contributed by atoms with Gasteiger partial charge in [0.05, 0.1) is 39.2 Å². The topological polar surface area (TPSA) is 101 Å². The Morgan fingerprint density at radius 1 is 0.357 bits per heavy atom. The molecule has 9 aromatic rings. The second kappa shape index (κ2) is 21.0. The van der Waals surface area contributed by atoms with E-state index in [9.17, 15) is 34.5 Å². The SMILES string of the molecule is CC#N.F[B-](F)(F)F.F[B-](F)(F)F.[Co+2].c1cnc2c(c1)ccc1cccnc12.c1cnc2c(c1)ccc1cccnc12.c1cnc2c(c1)ccc1cccnc12. The van der Waals surface area contributed by atoms with E-state index in [-0.39, 0.29) is 16.8 Å². The third-order valence-electron chi connectivity index (χ3n) is 7.03. The number of hydrogen-bond acceptors (Lipinski definition) is 7. The minimum Gasteiger partial charge on any atom is -0.418 e. The van der Waals surface area contributed by atoms with Gasteiger partial charge in [0, 0.05) is 76.4 Å². The molecule has 3 aromatic carbocycles. The monoisotopic (exact) mass is 814 g/mol. The van der Waals surface area contributed by atoms with Crippen LogP contribution in [0.4, 0.5) is 34.5 Å². The van der Waals surface area contributed by atoms with E-state index in [0.29, 0.717) is 0 Å². The van der Waals surface area contributed by atoms with Crippen LogP contribution in [0, 0.1) is 11.3 Å². The summed E-state index contributed by atoms with van der Waals surface area (Å²) in [6, 6.07) is 38.2. The fourth-order valence-corrected chi connectivity index (χ4v) is 5.04. The summed E-state index contributed by atoms with van der Waals surface area (Å²) in [5, 5.41) is 14.1. The smallest absolute Gasteiger partial charge is 0.418 e. The zero-order valence-electron chi connectivity index (χ0n) is 29.0. The third-order valence-corrected chi connectivity index (χ3v) is 7.03. The van der Waals surface area contributed by atoms with Gasteiger partial charge in [-0.3, -0.25) is 29.9 Å². The number of pyridine rings is 6. The second-order valence-electron chi connectivity index (χ2n) is 10.9. The van der Waals surface area contributed by atoms with Crippen molar-refractivity contribution >= 4 is 79.9 Å². The first kappa shape index (κ1) is 44.1. The first-order valence-electron chi connectivity index (χ1n) is 16.1. The van der Waals surface area contributed by atoms with E-state index < -0.39 is 14.5 Å². The van der Waals surface area contributed by atoms with E-state index in [2.05, 4.69) is 103 Å². The van der Waals surface area contributed by atoms with Gasteiger partial charge in [0.2, 0.25) is 0 Å². The molecule has 0 saturated carbocycles. The van der Waals surface area contributed by atoms with E-state index >= 15 is 0 Å². The van der Waals surface area contributed by atoms with Gasteiger partial charge in [-0.25, -0.2) is 0 Å². The Morgan fingerprint density at radius 2 is 0.482 bits per heavy atom. The van der Waals surface area contributed by atoms with E-state index in [1.54, 1.807) is 43.3 Å². The van der Waals surface area contributed by atoms with E-state index in [4.69, 9.17) is 5.26 Å². The molecule has 285 valence electrons. The molecule has 0 spiro atoms. The first-order valence-corrected chi connectivity index (χ1v) is 16.1. The molecule has 0 fully saturated rings. The second-order valence-corrected chi connectivity index (χ2v) is 10.9. The average molecular weight is 814 g/mol. The van der Waals surface area contributed by atoms with Crippen LogP contribution in [0.2, 0.25) is 0 Å². The van der Waals surface area contributed by atoms with Gasteiger partial charge in [-0.05, 0) is 36.4 Å². The van der Waals surface area contributed by atoms with Crippen LogP contribution in [-0.4, -0.2) is 44.4 Å². The number of aromatic nitrogens is 6. The summed E-state index contributed by atoms with van der Waals surface area (Å²) < 4.78 is 78.0. The number of benzene rings is 3. The van der Waals surface area contributed by atoms with Gasteiger partial charge in [-0.1, -0.05) is 72.8 Å². The molecule has 1 radical (unpaired) electrons. The molecule has 6 aromatic heterocycles. The molecule has 0 aliphatic heterocycles. The Bertz CT molecular complexity index is 2230. The molecular weight excluding hydrogens is 787 g/mol. The van der Waals surface area contributed by atoms with Crippen LogP contribution in [0.1, 0.15) is 6.92 Å².